The number of halogens is 3. The topological polar surface area (TPSA) is 35.5 Å². The van der Waals surface area contributed by atoms with Crippen molar-refractivity contribution in [3.63, 3.8) is 0 Å². The van der Waals surface area contributed by atoms with Gasteiger partial charge in [-0.25, -0.2) is 0 Å². The van der Waals surface area contributed by atoms with Crippen molar-refractivity contribution in [2.45, 2.75) is 58.3 Å². The summed E-state index contributed by atoms with van der Waals surface area (Å²) in [7, 11) is 0. The van der Waals surface area contributed by atoms with Crippen molar-refractivity contribution in [1.82, 2.24) is 10.2 Å². The van der Waals surface area contributed by atoms with Crippen molar-refractivity contribution in [2.75, 3.05) is 26.2 Å². The number of alkyl halides is 3. The first-order chi connectivity index (χ1) is 8.62. The average Bonchev–Trinajstić information content (AvgIpc) is 2.23. The maximum absolute atomic E-state index is 12.4. The Kier molecular flexibility index (Phi) is 7.93. The molecular weight excluding hydrogens is 257 g/mol. The van der Waals surface area contributed by atoms with Crippen LogP contribution < -0.4 is 5.32 Å². The first-order valence-corrected chi connectivity index (χ1v) is 6.79. The van der Waals surface area contributed by atoms with Crippen LogP contribution in [0, 0.1) is 0 Å². The molecule has 1 atom stereocenters. The van der Waals surface area contributed by atoms with Crippen LogP contribution in [0.25, 0.3) is 0 Å². The molecule has 0 amide bonds. The Hall–Kier alpha value is -0.330. The Balaban J connectivity index is 4.42. The normalized spacial score (nSPS) is 16.1. The van der Waals surface area contributed by atoms with E-state index in [-0.39, 0.29) is 12.6 Å². The molecule has 19 heavy (non-hydrogen) atoms. The zero-order valence-electron chi connectivity index (χ0n) is 12.3. The molecule has 1 unspecified atom stereocenters. The molecule has 0 saturated heterocycles. The summed E-state index contributed by atoms with van der Waals surface area (Å²) in [6, 6.07) is 0.180. The van der Waals surface area contributed by atoms with Crippen molar-refractivity contribution in [3.05, 3.63) is 0 Å². The van der Waals surface area contributed by atoms with Gasteiger partial charge >= 0.3 is 6.18 Å². The fourth-order valence-corrected chi connectivity index (χ4v) is 2.14. The third kappa shape index (κ3) is 9.24. The van der Waals surface area contributed by atoms with Gasteiger partial charge in [0.2, 0.25) is 0 Å². The van der Waals surface area contributed by atoms with E-state index in [4.69, 9.17) is 0 Å². The van der Waals surface area contributed by atoms with Gasteiger partial charge in [-0.3, -0.25) is 4.90 Å². The minimum Gasteiger partial charge on any atom is -0.394 e. The van der Waals surface area contributed by atoms with E-state index in [9.17, 15) is 18.3 Å². The van der Waals surface area contributed by atoms with E-state index < -0.39 is 18.3 Å². The lowest BCUT2D eigenvalue weighted by atomic mass is 9.97. The van der Waals surface area contributed by atoms with Gasteiger partial charge in [0.25, 0.3) is 0 Å². The second-order valence-electron chi connectivity index (χ2n) is 5.66. The highest BCUT2D eigenvalue weighted by Gasteiger charge is 2.32. The lowest BCUT2D eigenvalue weighted by molar-refractivity contribution is -0.146. The molecule has 0 rings (SSSR count). The number of hydrogen-bond donors (Lipinski definition) is 2. The second kappa shape index (κ2) is 8.07. The fraction of sp³-hybridized carbons (Fsp3) is 1.00. The average molecular weight is 284 g/mol. The third-order valence-corrected chi connectivity index (χ3v) is 2.91. The second-order valence-corrected chi connectivity index (χ2v) is 5.66. The van der Waals surface area contributed by atoms with E-state index in [1.165, 1.54) is 4.90 Å². The van der Waals surface area contributed by atoms with Crippen molar-refractivity contribution >= 4 is 0 Å². The number of nitrogens with one attached hydrogen (secondary N) is 1. The summed E-state index contributed by atoms with van der Waals surface area (Å²) in [5.74, 6) is 0. The summed E-state index contributed by atoms with van der Waals surface area (Å²) in [6.07, 6.45) is -3.00. The highest BCUT2D eigenvalue weighted by atomic mass is 19.4. The van der Waals surface area contributed by atoms with Gasteiger partial charge in [-0.2, -0.15) is 13.2 Å². The number of hydrogen-bond acceptors (Lipinski definition) is 3. The van der Waals surface area contributed by atoms with Gasteiger partial charge in [0.05, 0.1) is 13.2 Å². The number of rotatable bonds is 9. The third-order valence-electron chi connectivity index (χ3n) is 2.91. The van der Waals surface area contributed by atoms with Crippen molar-refractivity contribution in [1.29, 1.82) is 0 Å². The highest BCUT2D eigenvalue weighted by molar-refractivity contribution is 4.85. The maximum Gasteiger partial charge on any atom is 0.401 e. The van der Waals surface area contributed by atoms with Crippen molar-refractivity contribution < 1.29 is 18.3 Å². The van der Waals surface area contributed by atoms with E-state index in [2.05, 4.69) is 5.32 Å². The zero-order chi connectivity index (χ0) is 15.1. The summed E-state index contributed by atoms with van der Waals surface area (Å²) in [5, 5.41) is 12.6. The molecule has 3 nitrogen and oxygen atoms in total. The summed E-state index contributed by atoms with van der Waals surface area (Å²) in [4.78, 5) is 1.40. The molecule has 0 aromatic carbocycles. The highest BCUT2D eigenvalue weighted by Crippen LogP contribution is 2.18. The van der Waals surface area contributed by atoms with Crippen LogP contribution in [0.2, 0.25) is 0 Å². The predicted octanol–water partition coefficient (Wildman–Crippen LogP) is 2.40. The van der Waals surface area contributed by atoms with E-state index in [1.807, 2.05) is 27.7 Å². The first kappa shape index (κ1) is 18.7. The lowest BCUT2D eigenvalue weighted by Crippen LogP contribution is -2.51. The number of aliphatic hydroxyl groups is 1. The molecule has 0 aliphatic rings. The Bertz CT molecular complexity index is 247. The van der Waals surface area contributed by atoms with Gasteiger partial charge in [0.15, 0.2) is 0 Å². The molecule has 0 bridgehead atoms. The molecule has 6 heteroatoms. The van der Waals surface area contributed by atoms with Crippen molar-refractivity contribution in [2.24, 2.45) is 0 Å². The molecule has 0 aromatic heterocycles. The molecule has 0 aliphatic heterocycles. The van der Waals surface area contributed by atoms with Crippen LogP contribution in [-0.2, 0) is 0 Å². The first-order valence-electron chi connectivity index (χ1n) is 6.79. The SMILES string of the molecule is CCCN(CCC(C)(CO)NC(C)C)CC(F)(F)F. The Labute approximate surface area is 114 Å². The van der Waals surface area contributed by atoms with Crippen LogP contribution in [0.3, 0.4) is 0 Å². The van der Waals surface area contributed by atoms with Gasteiger partial charge < -0.3 is 10.4 Å². The largest absolute Gasteiger partial charge is 0.401 e. The lowest BCUT2D eigenvalue weighted by Gasteiger charge is -2.34. The van der Waals surface area contributed by atoms with E-state index in [0.717, 1.165) is 0 Å². The number of nitrogens with zero attached hydrogens (tertiary/aromatic N) is 1. The zero-order valence-corrected chi connectivity index (χ0v) is 12.3. The Morgan fingerprint density at radius 1 is 1.21 bits per heavy atom. The molecular formula is C13H27F3N2O. The van der Waals surface area contributed by atoms with E-state index in [1.54, 1.807) is 0 Å². The minimum atomic E-state index is -4.17. The summed E-state index contributed by atoms with van der Waals surface area (Å²) in [6.45, 7) is 7.38. The van der Waals surface area contributed by atoms with Crippen LogP contribution in [-0.4, -0.2) is 54.0 Å². The molecule has 0 heterocycles. The fourth-order valence-electron chi connectivity index (χ4n) is 2.14. The van der Waals surface area contributed by atoms with Crippen molar-refractivity contribution in [3.8, 4) is 0 Å². The van der Waals surface area contributed by atoms with E-state index in [0.29, 0.717) is 25.9 Å². The van der Waals surface area contributed by atoms with Crippen LogP contribution in [0.5, 0.6) is 0 Å². The standard InChI is InChI=1S/C13H27F3N2O/c1-5-7-18(9-13(14,15)16)8-6-12(4,10-19)17-11(2)3/h11,17,19H,5-10H2,1-4H3. The predicted molar refractivity (Wildman–Crippen MR) is 71.2 cm³/mol. The molecule has 0 aliphatic carbocycles. The molecule has 116 valence electrons. The summed E-state index contributed by atoms with van der Waals surface area (Å²) >= 11 is 0. The van der Waals surface area contributed by atoms with Crippen LogP contribution in [0.1, 0.15) is 40.5 Å². The molecule has 0 fully saturated rings. The van der Waals surface area contributed by atoms with Crippen LogP contribution in [0.15, 0.2) is 0 Å². The van der Waals surface area contributed by atoms with E-state index >= 15 is 0 Å². The summed E-state index contributed by atoms with van der Waals surface area (Å²) < 4.78 is 37.3. The van der Waals surface area contributed by atoms with Crippen LogP contribution >= 0.6 is 0 Å². The van der Waals surface area contributed by atoms with Crippen LogP contribution in [0.4, 0.5) is 13.2 Å². The summed E-state index contributed by atoms with van der Waals surface area (Å²) in [5.41, 5.74) is -0.536. The monoisotopic (exact) mass is 284 g/mol. The Morgan fingerprint density at radius 2 is 1.79 bits per heavy atom. The molecule has 2 N–H and O–H groups in total. The minimum absolute atomic E-state index is 0.0861. The van der Waals surface area contributed by atoms with Gasteiger partial charge in [-0.15, -0.1) is 0 Å². The Morgan fingerprint density at radius 3 is 2.16 bits per heavy atom. The molecule has 0 saturated carbocycles. The van der Waals surface area contributed by atoms with Gasteiger partial charge in [0.1, 0.15) is 0 Å². The molecule has 0 radical (unpaired) electrons. The maximum atomic E-state index is 12.4. The number of aliphatic hydroxyl groups excluding tert-OH is 1. The quantitative estimate of drug-likeness (QED) is 0.682. The molecule has 0 spiro atoms. The van der Waals surface area contributed by atoms with Gasteiger partial charge in [0, 0.05) is 18.1 Å². The molecule has 0 aromatic rings. The van der Waals surface area contributed by atoms with Gasteiger partial charge in [-0.1, -0.05) is 20.8 Å². The van der Waals surface area contributed by atoms with Gasteiger partial charge in [-0.05, 0) is 26.3 Å². The smallest absolute Gasteiger partial charge is 0.394 e.